The van der Waals surface area contributed by atoms with E-state index in [2.05, 4.69) is 0 Å². The van der Waals surface area contributed by atoms with Crippen molar-refractivity contribution in [2.24, 2.45) is 0 Å². The van der Waals surface area contributed by atoms with Gasteiger partial charge in [-0.25, -0.2) is 4.79 Å². The third kappa shape index (κ3) is 2.87. The van der Waals surface area contributed by atoms with Gasteiger partial charge >= 0.3 is 5.97 Å². The van der Waals surface area contributed by atoms with Gasteiger partial charge in [0.25, 0.3) is 0 Å². The molecule has 1 aromatic heterocycles. The molecular formula is C14H19NO4. The summed E-state index contributed by atoms with van der Waals surface area (Å²) >= 11 is 0. The van der Waals surface area contributed by atoms with E-state index in [-0.39, 0.29) is 11.5 Å². The van der Waals surface area contributed by atoms with Crippen LogP contribution in [0.3, 0.4) is 0 Å². The Morgan fingerprint density at radius 1 is 1.42 bits per heavy atom. The highest BCUT2D eigenvalue weighted by atomic mass is 16.5. The molecule has 0 aliphatic heterocycles. The van der Waals surface area contributed by atoms with Gasteiger partial charge in [-0.15, -0.1) is 0 Å². The van der Waals surface area contributed by atoms with Gasteiger partial charge in [-0.05, 0) is 37.3 Å². The Hall–Kier alpha value is -1.62. The van der Waals surface area contributed by atoms with Crippen molar-refractivity contribution in [1.29, 1.82) is 0 Å². The van der Waals surface area contributed by atoms with Crippen LogP contribution in [0.4, 0.5) is 0 Å². The Kier molecular flexibility index (Phi) is 4.37. The maximum Gasteiger partial charge on any atom is 0.352 e. The highest BCUT2D eigenvalue weighted by Crippen LogP contribution is 2.25. The van der Waals surface area contributed by atoms with Gasteiger partial charge in [0, 0.05) is 26.7 Å². The highest BCUT2D eigenvalue weighted by molar-refractivity contribution is 5.99. The fraction of sp³-hybridized carbons (Fsp3) is 0.571. The number of Topliss-reactive ketones (excluding diaryl/α,β-unsaturated/α-hetero) is 1. The number of ether oxygens (including phenoxy) is 1. The molecule has 0 aromatic carbocycles. The molecule has 0 fully saturated rings. The Balaban J connectivity index is 2.25. The summed E-state index contributed by atoms with van der Waals surface area (Å²) in [5.41, 5.74) is 1.74. The van der Waals surface area contributed by atoms with Gasteiger partial charge in [-0.1, -0.05) is 0 Å². The van der Waals surface area contributed by atoms with Gasteiger partial charge in [0.15, 0.2) is 5.78 Å². The maximum atomic E-state index is 12.0. The Labute approximate surface area is 112 Å². The molecule has 19 heavy (non-hydrogen) atoms. The standard InChI is InChI=1S/C14H19NO4/c1-19-8-3-2-7-15-11(14(17)18)9-10-5-4-6-12(16)13(10)15/h9H,2-8H2,1H3,(H,17,18). The SMILES string of the molecule is COCCCCn1c(C(=O)O)cc2c1C(=O)CCC2. The molecule has 0 spiro atoms. The first-order valence-electron chi connectivity index (χ1n) is 6.63. The van der Waals surface area contributed by atoms with E-state index in [4.69, 9.17) is 4.74 Å². The Bertz CT molecular complexity index is 490. The normalized spacial score (nSPS) is 14.5. The third-order valence-corrected chi connectivity index (χ3v) is 3.49. The van der Waals surface area contributed by atoms with Crippen molar-refractivity contribution in [2.45, 2.75) is 38.6 Å². The van der Waals surface area contributed by atoms with Crippen LogP contribution in [0.25, 0.3) is 0 Å². The number of aromatic nitrogens is 1. The van der Waals surface area contributed by atoms with Crippen molar-refractivity contribution in [1.82, 2.24) is 4.57 Å². The fourth-order valence-electron chi connectivity index (χ4n) is 2.61. The number of methoxy groups -OCH3 is 1. The lowest BCUT2D eigenvalue weighted by atomic mass is 9.97. The molecular weight excluding hydrogens is 246 g/mol. The number of hydrogen-bond donors (Lipinski definition) is 1. The average molecular weight is 265 g/mol. The summed E-state index contributed by atoms with van der Waals surface area (Å²) in [5.74, 6) is -0.894. The number of carboxylic acids is 1. The second kappa shape index (κ2) is 6.02. The van der Waals surface area contributed by atoms with Gasteiger partial charge in [0.1, 0.15) is 5.69 Å². The molecule has 1 aromatic rings. The van der Waals surface area contributed by atoms with E-state index >= 15 is 0 Å². The first kappa shape index (κ1) is 13.8. The molecule has 1 N–H and O–H groups in total. The lowest BCUT2D eigenvalue weighted by Crippen LogP contribution is -2.18. The van der Waals surface area contributed by atoms with Crippen LogP contribution in [0.15, 0.2) is 6.07 Å². The van der Waals surface area contributed by atoms with Gasteiger partial charge < -0.3 is 14.4 Å². The molecule has 0 saturated heterocycles. The number of carbonyl (C=O) groups is 2. The number of ketones is 1. The summed E-state index contributed by atoms with van der Waals surface area (Å²) in [6.45, 7) is 1.21. The highest BCUT2D eigenvalue weighted by Gasteiger charge is 2.26. The number of carboxylic acid groups (broad SMARTS) is 1. The van der Waals surface area contributed by atoms with Gasteiger partial charge in [-0.3, -0.25) is 4.79 Å². The minimum Gasteiger partial charge on any atom is -0.477 e. The lowest BCUT2D eigenvalue weighted by molar-refractivity contribution is 0.0684. The topological polar surface area (TPSA) is 68.5 Å². The van der Waals surface area contributed by atoms with Crippen LogP contribution in [-0.4, -0.2) is 35.1 Å². The van der Waals surface area contributed by atoms with E-state index in [0.717, 1.165) is 31.2 Å². The van der Waals surface area contributed by atoms with Crippen molar-refractivity contribution in [3.05, 3.63) is 23.0 Å². The summed E-state index contributed by atoms with van der Waals surface area (Å²) in [6, 6.07) is 1.66. The molecule has 0 amide bonds. The molecule has 1 aliphatic rings. The molecule has 5 nitrogen and oxygen atoms in total. The largest absolute Gasteiger partial charge is 0.477 e. The number of unbranched alkanes of at least 4 members (excludes halogenated alkanes) is 1. The lowest BCUT2D eigenvalue weighted by Gasteiger charge is -2.15. The molecule has 5 heteroatoms. The number of nitrogens with zero attached hydrogens (tertiary/aromatic N) is 1. The Morgan fingerprint density at radius 2 is 2.21 bits per heavy atom. The van der Waals surface area contributed by atoms with Crippen LogP contribution >= 0.6 is 0 Å². The average Bonchev–Trinajstić information content (AvgIpc) is 2.75. The van der Waals surface area contributed by atoms with Crippen molar-refractivity contribution >= 4 is 11.8 Å². The first-order chi connectivity index (χ1) is 9.15. The number of aryl methyl sites for hydroxylation is 1. The quantitative estimate of drug-likeness (QED) is 0.800. The van der Waals surface area contributed by atoms with Crippen LogP contribution in [0, 0.1) is 0 Å². The molecule has 0 saturated carbocycles. The first-order valence-corrected chi connectivity index (χ1v) is 6.63. The van der Waals surface area contributed by atoms with Gasteiger partial charge in [0.2, 0.25) is 0 Å². The number of fused-ring (bicyclic) bond motifs is 1. The van der Waals surface area contributed by atoms with Crippen molar-refractivity contribution in [3.63, 3.8) is 0 Å². The number of carbonyl (C=O) groups excluding carboxylic acids is 1. The van der Waals surface area contributed by atoms with Gasteiger partial charge in [-0.2, -0.15) is 0 Å². The van der Waals surface area contributed by atoms with E-state index < -0.39 is 5.97 Å². The van der Waals surface area contributed by atoms with Crippen LogP contribution in [-0.2, 0) is 17.7 Å². The summed E-state index contributed by atoms with van der Waals surface area (Å²) in [6.07, 6.45) is 3.80. The number of rotatable bonds is 6. The minimum atomic E-state index is -0.964. The molecule has 104 valence electrons. The number of hydrogen-bond acceptors (Lipinski definition) is 3. The number of aromatic carboxylic acids is 1. The zero-order chi connectivity index (χ0) is 13.8. The summed E-state index contributed by atoms with van der Waals surface area (Å²) in [5, 5.41) is 9.25. The van der Waals surface area contributed by atoms with E-state index in [9.17, 15) is 14.7 Å². The molecule has 0 radical (unpaired) electrons. The van der Waals surface area contributed by atoms with E-state index in [1.165, 1.54) is 0 Å². The smallest absolute Gasteiger partial charge is 0.352 e. The third-order valence-electron chi connectivity index (χ3n) is 3.49. The molecule has 0 atom stereocenters. The second-order valence-corrected chi connectivity index (χ2v) is 4.84. The molecule has 2 rings (SSSR count). The second-order valence-electron chi connectivity index (χ2n) is 4.84. The van der Waals surface area contributed by atoms with Crippen LogP contribution < -0.4 is 0 Å². The summed E-state index contributed by atoms with van der Waals surface area (Å²) < 4.78 is 6.66. The minimum absolute atomic E-state index is 0.0699. The maximum absolute atomic E-state index is 12.0. The molecule has 0 unspecified atom stereocenters. The fourth-order valence-corrected chi connectivity index (χ4v) is 2.61. The zero-order valence-electron chi connectivity index (χ0n) is 11.1. The Morgan fingerprint density at radius 3 is 2.89 bits per heavy atom. The predicted octanol–water partition coefficient (Wildman–Crippen LogP) is 2.13. The molecule has 1 aliphatic carbocycles. The molecule has 1 heterocycles. The monoisotopic (exact) mass is 265 g/mol. The van der Waals surface area contributed by atoms with Crippen molar-refractivity contribution < 1.29 is 19.4 Å². The van der Waals surface area contributed by atoms with Gasteiger partial charge in [0.05, 0.1) is 5.69 Å². The van der Waals surface area contributed by atoms with Crippen molar-refractivity contribution in [2.75, 3.05) is 13.7 Å². The summed E-state index contributed by atoms with van der Waals surface area (Å²) in [4.78, 5) is 23.3. The van der Waals surface area contributed by atoms with E-state index in [0.29, 0.717) is 25.3 Å². The van der Waals surface area contributed by atoms with E-state index in [1.807, 2.05) is 0 Å². The van der Waals surface area contributed by atoms with Crippen LogP contribution in [0.2, 0.25) is 0 Å². The molecule has 0 bridgehead atoms. The predicted molar refractivity (Wildman–Crippen MR) is 69.8 cm³/mol. The van der Waals surface area contributed by atoms with Crippen LogP contribution in [0.5, 0.6) is 0 Å². The summed E-state index contributed by atoms with van der Waals surface area (Å²) in [7, 11) is 1.64. The van der Waals surface area contributed by atoms with E-state index in [1.54, 1.807) is 17.7 Å². The van der Waals surface area contributed by atoms with Crippen molar-refractivity contribution in [3.8, 4) is 0 Å². The van der Waals surface area contributed by atoms with Crippen LogP contribution in [0.1, 0.15) is 52.2 Å². The zero-order valence-corrected chi connectivity index (χ0v) is 11.1.